The fraction of sp³-hybridized carbons (Fsp3) is 0.240. The van der Waals surface area contributed by atoms with Crippen molar-refractivity contribution in [2.24, 2.45) is 0 Å². The van der Waals surface area contributed by atoms with Crippen molar-refractivity contribution in [1.29, 1.82) is 0 Å². The van der Waals surface area contributed by atoms with E-state index >= 15 is 0 Å². The van der Waals surface area contributed by atoms with E-state index < -0.39 is 16.1 Å². The highest BCUT2D eigenvalue weighted by Gasteiger charge is 2.42. The van der Waals surface area contributed by atoms with E-state index in [-0.39, 0.29) is 29.9 Å². The maximum atomic E-state index is 13.5. The summed E-state index contributed by atoms with van der Waals surface area (Å²) in [6, 6.07) is 25.9. The van der Waals surface area contributed by atoms with Crippen molar-refractivity contribution < 1.29 is 17.9 Å². The van der Waals surface area contributed by atoms with Crippen LogP contribution >= 0.6 is 0 Å². The first kappa shape index (κ1) is 21.3. The molecule has 5 nitrogen and oxygen atoms in total. The predicted octanol–water partition coefficient (Wildman–Crippen LogP) is 4.29. The van der Waals surface area contributed by atoms with Crippen molar-refractivity contribution in [2.75, 3.05) is 6.73 Å². The maximum absolute atomic E-state index is 13.5. The summed E-state index contributed by atoms with van der Waals surface area (Å²) in [6.45, 7) is 1.63. The lowest BCUT2D eigenvalue weighted by atomic mass is 9.84. The van der Waals surface area contributed by atoms with Gasteiger partial charge in [-0.15, -0.1) is 0 Å². The molecule has 1 saturated heterocycles. The normalized spacial score (nSPS) is 18.4. The van der Waals surface area contributed by atoms with Crippen molar-refractivity contribution in [1.82, 2.24) is 4.31 Å². The van der Waals surface area contributed by atoms with Crippen molar-refractivity contribution in [2.45, 2.75) is 36.6 Å². The van der Waals surface area contributed by atoms with Crippen LogP contribution in [0.15, 0.2) is 89.8 Å². The molecule has 0 amide bonds. The van der Waals surface area contributed by atoms with Gasteiger partial charge in [0.1, 0.15) is 0 Å². The van der Waals surface area contributed by atoms with Gasteiger partial charge in [0.25, 0.3) is 0 Å². The Morgan fingerprint density at radius 3 is 2.19 bits per heavy atom. The zero-order valence-electron chi connectivity index (χ0n) is 17.3. The number of hydrogen-bond acceptors (Lipinski definition) is 4. The zero-order chi connectivity index (χ0) is 21.8. The number of carbonyl (C=O) groups is 1. The number of cyclic esters (lactones) is 1. The summed E-state index contributed by atoms with van der Waals surface area (Å²) in [5.74, 6) is -0.578. The van der Waals surface area contributed by atoms with Gasteiger partial charge < -0.3 is 4.74 Å². The third-order valence-corrected chi connectivity index (χ3v) is 7.58. The molecule has 4 rings (SSSR count). The number of esters is 1. The van der Waals surface area contributed by atoms with Gasteiger partial charge in [0.2, 0.25) is 10.0 Å². The van der Waals surface area contributed by atoms with Crippen LogP contribution in [-0.2, 0) is 26.0 Å². The molecule has 1 aliphatic rings. The van der Waals surface area contributed by atoms with Crippen LogP contribution in [0.2, 0.25) is 0 Å². The molecule has 1 heterocycles. The average molecular weight is 436 g/mol. The van der Waals surface area contributed by atoms with Crippen LogP contribution < -0.4 is 0 Å². The van der Waals surface area contributed by atoms with E-state index in [1.54, 1.807) is 24.3 Å². The van der Waals surface area contributed by atoms with E-state index in [9.17, 15) is 13.2 Å². The number of benzene rings is 3. The molecular weight excluding hydrogens is 410 g/mol. The minimum Gasteiger partial charge on any atom is -0.448 e. The highest BCUT2D eigenvalue weighted by atomic mass is 32.2. The number of nitrogens with zero attached hydrogens (tertiary/aromatic N) is 1. The van der Waals surface area contributed by atoms with E-state index in [0.29, 0.717) is 6.42 Å². The number of sulfonamides is 1. The fourth-order valence-corrected chi connectivity index (χ4v) is 5.56. The van der Waals surface area contributed by atoms with Gasteiger partial charge >= 0.3 is 5.97 Å². The smallest absolute Gasteiger partial charge is 0.308 e. The molecule has 1 aliphatic heterocycles. The Labute approximate surface area is 183 Å². The minimum atomic E-state index is -3.84. The molecule has 0 unspecified atom stereocenters. The molecule has 0 saturated carbocycles. The van der Waals surface area contributed by atoms with Crippen LogP contribution in [0.4, 0.5) is 0 Å². The van der Waals surface area contributed by atoms with Crippen LogP contribution in [0.5, 0.6) is 0 Å². The van der Waals surface area contributed by atoms with E-state index in [2.05, 4.69) is 0 Å². The number of rotatable bonds is 6. The van der Waals surface area contributed by atoms with Crippen molar-refractivity contribution in [3.63, 3.8) is 0 Å². The summed E-state index contributed by atoms with van der Waals surface area (Å²) in [5.41, 5.74) is 3.06. The topological polar surface area (TPSA) is 63.7 Å². The van der Waals surface area contributed by atoms with E-state index in [4.69, 9.17) is 4.74 Å². The number of carbonyl (C=O) groups excluding carboxylic acids is 1. The summed E-state index contributed by atoms with van der Waals surface area (Å²) in [6.07, 6.45) is 0.625. The van der Waals surface area contributed by atoms with Crippen molar-refractivity contribution in [3.05, 3.63) is 102 Å². The fourth-order valence-electron chi connectivity index (χ4n) is 4.04. The van der Waals surface area contributed by atoms with Gasteiger partial charge in [0.05, 0.1) is 11.3 Å². The van der Waals surface area contributed by atoms with Crippen LogP contribution in [-0.4, -0.2) is 31.5 Å². The summed E-state index contributed by atoms with van der Waals surface area (Å²) in [5, 5.41) is 0. The van der Waals surface area contributed by atoms with Gasteiger partial charge in [0.15, 0.2) is 6.73 Å². The molecule has 2 atom stereocenters. The van der Waals surface area contributed by atoms with Gasteiger partial charge in [-0.25, -0.2) is 8.42 Å². The standard InChI is InChI=1S/C25H25NO4S/c1-19-12-14-22(15-13-19)31(28,29)26-18-30-25(27)17-24(26)23(21-10-6-3-7-11-21)16-20-8-4-2-5-9-20/h2-15,23-24H,16-18H2,1H3/t23-,24+/m1/s1. The third-order valence-electron chi connectivity index (χ3n) is 5.72. The monoisotopic (exact) mass is 435 g/mol. The Morgan fingerprint density at radius 2 is 1.55 bits per heavy atom. The summed E-state index contributed by atoms with van der Waals surface area (Å²) in [4.78, 5) is 12.5. The molecule has 6 heteroatoms. The molecule has 0 aliphatic carbocycles. The molecule has 0 spiro atoms. The van der Waals surface area contributed by atoms with E-state index in [1.165, 1.54) is 4.31 Å². The average Bonchev–Trinajstić information content (AvgIpc) is 2.79. The van der Waals surface area contributed by atoms with Crippen LogP contribution in [0, 0.1) is 6.92 Å². The Kier molecular flexibility index (Phi) is 6.20. The quantitative estimate of drug-likeness (QED) is 0.542. The number of aryl methyl sites for hydroxylation is 1. The molecule has 160 valence electrons. The highest BCUT2D eigenvalue weighted by Crippen LogP contribution is 2.35. The Balaban J connectivity index is 1.76. The van der Waals surface area contributed by atoms with Crippen molar-refractivity contribution in [3.8, 4) is 0 Å². The summed E-state index contributed by atoms with van der Waals surface area (Å²) < 4.78 is 33.6. The maximum Gasteiger partial charge on any atom is 0.308 e. The zero-order valence-corrected chi connectivity index (χ0v) is 18.2. The summed E-state index contributed by atoms with van der Waals surface area (Å²) >= 11 is 0. The summed E-state index contributed by atoms with van der Waals surface area (Å²) in [7, 11) is -3.84. The van der Waals surface area contributed by atoms with Crippen LogP contribution in [0.1, 0.15) is 29.0 Å². The Morgan fingerprint density at radius 1 is 0.935 bits per heavy atom. The van der Waals surface area contributed by atoms with Gasteiger partial charge in [-0.2, -0.15) is 4.31 Å². The molecule has 0 bridgehead atoms. The second-order valence-corrected chi connectivity index (χ2v) is 9.72. The highest BCUT2D eigenvalue weighted by molar-refractivity contribution is 7.89. The van der Waals surface area contributed by atoms with E-state index in [1.807, 2.05) is 67.6 Å². The second kappa shape index (κ2) is 9.04. The molecule has 1 fully saturated rings. The first-order valence-electron chi connectivity index (χ1n) is 10.3. The molecule has 3 aromatic carbocycles. The molecule has 0 N–H and O–H groups in total. The van der Waals surface area contributed by atoms with Crippen molar-refractivity contribution >= 4 is 16.0 Å². The lowest BCUT2D eigenvalue weighted by Gasteiger charge is -2.38. The molecule has 31 heavy (non-hydrogen) atoms. The van der Waals surface area contributed by atoms with Crippen LogP contribution in [0.25, 0.3) is 0 Å². The van der Waals surface area contributed by atoms with Gasteiger partial charge in [0, 0.05) is 12.0 Å². The van der Waals surface area contributed by atoms with E-state index in [0.717, 1.165) is 16.7 Å². The lowest BCUT2D eigenvalue weighted by Crippen LogP contribution is -2.50. The van der Waals surface area contributed by atoms with Gasteiger partial charge in [-0.3, -0.25) is 4.79 Å². The second-order valence-electron chi connectivity index (χ2n) is 7.83. The SMILES string of the molecule is Cc1ccc(S(=O)(=O)N2COC(=O)C[C@H]2[C@H](Cc2ccccc2)c2ccccc2)cc1. The van der Waals surface area contributed by atoms with Gasteiger partial charge in [-0.1, -0.05) is 78.4 Å². The third kappa shape index (κ3) is 4.70. The molecule has 0 aromatic heterocycles. The largest absolute Gasteiger partial charge is 0.448 e. The molecular formula is C25H25NO4S. The predicted molar refractivity (Wildman–Crippen MR) is 119 cm³/mol. The molecule has 3 aromatic rings. The van der Waals surface area contributed by atoms with Crippen LogP contribution in [0.3, 0.4) is 0 Å². The Hall–Kier alpha value is -2.96. The minimum absolute atomic E-state index is 0.0114. The van der Waals surface area contributed by atoms with Gasteiger partial charge in [-0.05, 0) is 36.6 Å². The first-order valence-corrected chi connectivity index (χ1v) is 11.7. The number of hydrogen-bond donors (Lipinski definition) is 0. The first-order chi connectivity index (χ1) is 14.9. The Bertz CT molecular complexity index is 1130. The molecule has 0 radical (unpaired) electrons. The lowest BCUT2D eigenvalue weighted by molar-refractivity contribution is -0.155. The number of ether oxygens (including phenoxy) is 1.